The van der Waals surface area contributed by atoms with Crippen LogP contribution in [0.15, 0.2) is 18.2 Å². The number of nitrogens with one attached hydrogen (secondary N) is 1. The first-order chi connectivity index (χ1) is 9.99. The number of nitrogens with zero attached hydrogens (tertiary/aromatic N) is 1. The van der Waals surface area contributed by atoms with Crippen LogP contribution in [0.4, 0.5) is 14.9 Å². The first kappa shape index (κ1) is 16.0. The van der Waals surface area contributed by atoms with Gasteiger partial charge in [0.15, 0.2) is 0 Å². The predicted molar refractivity (Wildman–Crippen MR) is 81.0 cm³/mol. The fourth-order valence-corrected chi connectivity index (χ4v) is 2.86. The smallest absolute Gasteiger partial charge is 0.321 e. The van der Waals surface area contributed by atoms with Crippen LogP contribution < -0.4 is 5.32 Å². The Morgan fingerprint density at radius 2 is 2.33 bits per heavy atom. The van der Waals surface area contributed by atoms with Crippen LogP contribution in [0, 0.1) is 11.2 Å². The number of rotatable bonds is 3. The number of halogens is 2. The molecule has 0 radical (unpaired) electrons. The highest BCUT2D eigenvalue weighted by Crippen LogP contribution is 2.33. The van der Waals surface area contributed by atoms with E-state index in [4.69, 9.17) is 11.6 Å². The number of anilines is 1. The van der Waals surface area contributed by atoms with Gasteiger partial charge in [0.25, 0.3) is 0 Å². The highest BCUT2D eigenvalue weighted by Gasteiger charge is 2.35. The molecule has 2 N–H and O–H groups in total. The summed E-state index contributed by atoms with van der Waals surface area (Å²) in [4.78, 5) is 14.0. The molecule has 0 aromatic heterocycles. The molecule has 1 aliphatic heterocycles. The van der Waals surface area contributed by atoms with Gasteiger partial charge >= 0.3 is 6.03 Å². The number of urea groups is 1. The number of carbonyl (C=O) groups is 1. The van der Waals surface area contributed by atoms with E-state index in [1.165, 1.54) is 18.2 Å². The minimum Gasteiger partial charge on any atom is -0.396 e. The summed E-state index contributed by atoms with van der Waals surface area (Å²) in [5, 5.41) is 12.5. The van der Waals surface area contributed by atoms with E-state index in [0.717, 1.165) is 19.3 Å². The molecule has 1 aromatic carbocycles. The van der Waals surface area contributed by atoms with E-state index >= 15 is 0 Å². The van der Waals surface area contributed by atoms with Crippen LogP contribution in [0.25, 0.3) is 0 Å². The maximum Gasteiger partial charge on any atom is 0.321 e. The van der Waals surface area contributed by atoms with E-state index in [2.05, 4.69) is 5.32 Å². The van der Waals surface area contributed by atoms with E-state index in [1.54, 1.807) is 4.90 Å². The van der Waals surface area contributed by atoms with E-state index in [-0.39, 0.29) is 23.7 Å². The lowest BCUT2D eigenvalue weighted by molar-refractivity contribution is 0.0468. The van der Waals surface area contributed by atoms with Crippen LogP contribution in [0.5, 0.6) is 0 Å². The molecule has 1 heterocycles. The molecule has 0 saturated carbocycles. The van der Waals surface area contributed by atoms with Crippen molar-refractivity contribution >= 4 is 23.3 Å². The van der Waals surface area contributed by atoms with Crippen molar-refractivity contribution < 1.29 is 14.3 Å². The van der Waals surface area contributed by atoms with Gasteiger partial charge in [-0.2, -0.15) is 0 Å². The van der Waals surface area contributed by atoms with Crippen molar-refractivity contribution in [3.63, 3.8) is 0 Å². The van der Waals surface area contributed by atoms with E-state index in [1.807, 2.05) is 6.92 Å². The summed E-state index contributed by atoms with van der Waals surface area (Å²) >= 11 is 5.95. The quantitative estimate of drug-likeness (QED) is 0.897. The third kappa shape index (κ3) is 3.66. The van der Waals surface area contributed by atoms with Gasteiger partial charge in [0.05, 0.1) is 17.3 Å². The molecular formula is C15H20ClFN2O2. The Balaban J connectivity index is 2.08. The van der Waals surface area contributed by atoms with Crippen LogP contribution in [0.1, 0.15) is 26.2 Å². The average molecular weight is 315 g/mol. The highest BCUT2D eigenvalue weighted by atomic mass is 35.5. The zero-order valence-corrected chi connectivity index (χ0v) is 12.8. The van der Waals surface area contributed by atoms with Crippen LogP contribution >= 0.6 is 11.6 Å². The fraction of sp³-hybridized carbons (Fsp3) is 0.533. The summed E-state index contributed by atoms with van der Waals surface area (Å²) in [5.74, 6) is -0.452. The second-order valence-electron chi connectivity index (χ2n) is 5.59. The molecule has 1 atom stereocenters. The summed E-state index contributed by atoms with van der Waals surface area (Å²) in [7, 11) is 0. The predicted octanol–water partition coefficient (Wildman–Crippen LogP) is 3.50. The number of likely N-dealkylation sites (tertiary alicyclic amines) is 1. The minimum absolute atomic E-state index is 0.0635. The third-order valence-electron chi connectivity index (χ3n) is 4.20. The second kappa shape index (κ2) is 6.62. The Bertz CT molecular complexity index is 520. The lowest BCUT2D eigenvalue weighted by Crippen LogP contribution is -2.49. The van der Waals surface area contributed by atoms with Crippen LogP contribution in [0.2, 0.25) is 5.02 Å². The van der Waals surface area contributed by atoms with Gasteiger partial charge in [-0.3, -0.25) is 0 Å². The minimum atomic E-state index is -0.452. The van der Waals surface area contributed by atoms with Crippen molar-refractivity contribution in [1.82, 2.24) is 4.90 Å². The lowest BCUT2D eigenvalue weighted by Gasteiger charge is -2.41. The Morgan fingerprint density at radius 1 is 1.57 bits per heavy atom. The lowest BCUT2D eigenvalue weighted by atomic mass is 9.78. The second-order valence-corrected chi connectivity index (χ2v) is 6.00. The van der Waals surface area contributed by atoms with Crippen molar-refractivity contribution in [1.29, 1.82) is 0 Å². The van der Waals surface area contributed by atoms with Gasteiger partial charge in [0.2, 0.25) is 0 Å². The molecule has 0 aliphatic carbocycles. The average Bonchev–Trinajstić information content (AvgIpc) is 2.51. The maximum absolute atomic E-state index is 13.2. The maximum atomic E-state index is 13.2. The van der Waals surface area contributed by atoms with Crippen LogP contribution in [-0.4, -0.2) is 35.7 Å². The number of hydrogen-bond donors (Lipinski definition) is 2. The fourth-order valence-electron chi connectivity index (χ4n) is 2.70. The molecule has 2 rings (SSSR count). The summed E-state index contributed by atoms with van der Waals surface area (Å²) in [6.45, 7) is 3.20. The molecule has 4 nitrogen and oxygen atoms in total. The number of piperidine rings is 1. The van der Waals surface area contributed by atoms with E-state index < -0.39 is 5.82 Å². The number of amides is 2. The molecule has 0 bridgehead atoms. The summed E-state index contributed by atoms with van der Waals surface area (Å²) in [6.07, 6.45) is 2.57. The standard InChI is InChI=1S/C15H20ClFN2O2/c1-2-15(10-20)6-3-7-19(9-15)14(21)18-13-8-11(17)4-5-12(13)16/h4-5,8,20H,2-3,6-7,9-10H2,1H3,(H,18,21)/t15-/m1/s1. The Labute approximate surface area is 128 Å². The zero-order chi connectivity index (χ0) is 15.5. The highest BCUT2D eigenvalue weighted by molar-refractivity contribution is 6.33. The molecule has 6 heteroatoms. The topological polar surface area (TPSA) is 52.6 Å². The molecule has 21 heavy (non-hydrogen) atoms. The third-order valence-corrected chi connectivity index (χ3v) is 4.53. The monoisotopic (exact) mass is 314 g/mol. The van der Waals surface area contributed by atoms with Crippen LogP contribution in [0.3, 0.4) is 0 Å². The van der Waals surface area contributed by atoms with Crippen molar-refractivity contribution in [3.8, 4) is 0 Å². The van der Waals surface area contributed by atoms with E-state index in [9.17, 15) is 14.3 Å². The summed E-state index contributed by atoms with van der Waals surface area (Å²) < 4.78 is 13.2. The molecule has 1 aromatic rings. The number of aliphatic hydroxyl groups is 1. The van der Waals surface area contributed by atoms with Crippen molar-refractivity contribution in [3.05, 3.63) is 29.0 Å². The van der Waals surface area contributed by atoms with Gasteiger partial charge in [-0.05, 0) is 37.5 Å². The molecule has 116 valence electrons. The van der Waals surface area contributed by atoms with Crippen molar-refractivity contribution in [2.75, 3.05) is 25.0 Å². The van der Waals surface area contributed by atoms with Gasteiger partial charge in [0, 0.05) is 18.5 Å². The van der Waals surface area contributed by atoms with Gasteiger partial charge in [-0.1, -0.05) is 18.5 Å². The number of carbonyl (C=O) groups excluding carboxylic acids is 1. The Hall–Kier alpha value is -1.33. The van der Waals surface area contributed by atoms with Gasteiger partial charge < -0.3 is 15.3 Å². The van der Waals surface area contributed by atoms with Crippen molar-refractivity contribution in [2.24, 2.45) is 5.41 Å². The molecule has 1 fully saturated rings. The van der Waals surface area contributed by atoms with Gasteiger partial charge in [-0.15, -0.1) is 0 Å². The SMILES string of the molecule is CC[C@@]1(CO)CCCN(C(=O)Nc2cc(F)ccc2Cl)C1. The largest absolute Gasteiger partial charge is 0.396 e. The van der Waals surface area contributed by atoms with Gasteiger partial charge in [0.1, 0.15) is 5.82 Å². The van der Waals surface area contributed by atoms with E-state index in [0.29, 0.717) is 18.1 Å². The Morgan fingerprint density at radius 3 is 3.00 bits per heavy atom. The number of benzene rings is 1. The number of aliphatic hydroxyl groups excluding tert-OH is 1. The molecular weight excluding hydrogens is 295 g/mol. The first-order valence-electron chi connectivity index (χ1n) is 7.11. The van der Waals surface area contributed by atoms with Crippen LogP contribution in [-0.2, 0) is 0 Å². The molecule has 1 aliphatic rings. The first-order valence-corrected chi connectivity index (χ1v) is 7.49. The molecule has 1 saturated heterocycles. The molecule has 2 amide bonds. The molecule has 0 unspecified atom stereocenters. The number of hydrogen-bond acceptors (Lipinski definition) is 2. The normalized spacial score (nSPS) is 22.2. The Kier molecular flexibility index (Phi) is 5.06. The summed E-state index contributed by atoms with van der Waals surface area (Å²) in [6, 6.07) is 3.54. The summed E-state index contributed by atoms with van der Waals surface area (Å²) in [5.41, 5.74) is 0.0276. The molecule has 0 spiro atoms. The zero-order valence-electron chi connectivity index (χ0n) is 12.0. The van der Waals surface area contributed by atoms with Crippen molar-refractivity contribution in [2.45, 2.75) is 26.2 Å². The van der Waals surface area contributed by atoms with Gasteiger partial charge in [-0.25, -0.2) is 9.18 Å².